The van der Waals surface area contributed by atoms with Crippen molar-refractivity contribution in [2.24, 2.45) is 0 Å². The second-order valence-electron chi connectivity index (χ2n) is 5.86. The lowest BCUT2D eigenvalue weighted by Crippen LogP contribution is -2.26. The van der Waals surface area contributed by atoms with E-state index >= 15 is 0 Å². The van der Waals surface area contributed by atoms with Gasteiger partial charge in [0.05, 0.1) is 28.2 Å². The molecule has 3 rings (SSSR count). The summed E-state index contributed by atoms with van der Waals surface area (Å²) in [5.74, 6) is -0.348. The van der Waals surface area contributed by atoms with Gasteiger partial charge >= 0.3 is 0 Å². The first-order chi connectivity index (χ1) is 11.2. The number of rotatable bonds is 4. The lowest BCUT2D eigenvalue weighted by Gasteiger charge is -2.15. The number of sulfone groups is 1. The molecule has 24 heavy (non-hydrogen) atoms. The number of thioether (sulfide) groups is 1. The van der Waals surface area contributed by atoms with Gasteiger partial charge in [0.1, 0.15) is 4.83 Å². The lowest BCUT2D eigenvalue weighted by atomic mass is 10.2. The molecule has 0 amide bonds. The summed E-state index contributed by atoms with van der Waals surface area (Å²) in [4.78, 5) is 19.1. The van der Waals surface area contributed by atoms with Crippen molar-refractivity contribution in [3.8, 4) is 0 Å². The van der Waals surface area contributed by atoms with E-state index in [4.69, 9.17) is 0 Å². The van der Waals surface area contributed by atoms with Crippen LogP contribution in [-0.4, -0.2) is 45.9 Å². The summed E-state index contributed by atoms with van der Waals surface area (Å²) < 4.78 is 24.9. The maximum Gasteiger partial charge on any atom is 0.263 e. The number of hydrogen-bond donors (Lipinski definition) is 1. The predicted octanol–water partition coefficient (Wildman–Crippen LogP) is 1.51. The average Bonchev–Trinajstić information content (AvgIpc) is 2.90. The number of allylic oxidation sites excluding steroid dienone is 1. The largest absolute Gasteiger partial charge is 0.391 e. The first-order valence-electron chi connectivity index (χ1n) is 7.40. The first-order valence-corrected chi connectivity index (χ1v) is 10.9. The Balaban J connectivity index is 2.11. The van der Waals surface area contributed by atoms with Gasteiger partial charge in [-0.2, -0.15) is 0 Å². The monoisotopic (exact) mass is 386 g/mol. The highest BCUT2D eigenvalue weighted by molar-refractivity contribution is 8.01. The van der Waals surface area contributed by atoms with Gasteiger partial charge in [0.15, 0.2) is 15.0 Å². The Hall–Kier alpha value is -1.16. The molecular formula is C15H18N2O4S3. The van der Waals surface area contributed by atoms with E-state index in [0.717, 1.165) is 22.2 Å². The molecular weight excluding hydrogens is 368 g/mol. The summed E-state index contributed by atoms with van der Waals surface area (Å²) in [5.41, 5.74) is 0.768. The Kier molecular flexibility index (Phi) is 4.63. The van der Waals surface area contributed by atoms with Gasteiger partial charge in [-0.05, 0) is 19.4 Å². The van der Waals surface area contributed by atoms with E-state index in [1.807, 2.05) is 13.8 Å². The molecule has 3 heterocycles. The van der Waals surface area contributed by atoms with Gasteiger partial charge in [-0.25, -0.2) is 13.4 Å². The summed E-state index contributed by atoms with van der Waals surface area (Å²) in [5, 5.41) is 10.5. The number of thiophene rings is 1. The van der Waals surface area contributed by atoms with Crippen molar-refractivity contribution in [3.63, 3.8) is 0 Å². The number of aryl methyl sites for hydroxylation is 2. The van der Waals surface area contributed by atoms with Gasteiger partial charge in [-0.15, -0.1) is 17.9 Å². The Morgan fingerprint density at radius 2 is 2.17 bits per heavy atom. The lowest BCUT2D eigenvalue weighted by molar-refractivity contribution is 0.207. The van der Waals surface area contributed by atoms with Crippen LogP contribution in [0.5, 0.6) is 0 Å². The Morgan fingerprint density at radius 3 is 2.75 bits per heavy atom. The molecule has 0 unspecified atom stereocenters. The van der Waals surface area contributed by atoms with Crippen molar-refractivity contribution in [1.29, 1.82) is 0 Å². The Morgan fingerprint density at radius 1 is 1.46 bits per heavy atom. The normalized spacial score (nSPS) is 23.0. The van der Waals surface area contributed by atoms with Gasteiger partial charge in [0.25, 0.3) is 5.56 Å². The van der Waals surface area contributed by atoms with Crippen molar-refractivity contribution in [2.45, 2.75) is 36.9 Å². The van der Waals surface area contributed by atoms with Crippen LogP contribution < -0.4 is 5.56 Å². The molecule has 2 aromatic rings. The molecule has 1 saturated heterocycles. The molecule has 0 aromatic carbocycles. The van der Waals surface area contributed by atoms with Crippen LogP contribution in [0, 0.1) is 13.8 Å². The summed E-state index contributed by atoms with van der Waals surface area (Å²) in [6.07, 6.45) is 0.659. The van der Waals surface area contributed by atoms with Gasteiger partial charge in [0, 0.05) is 11.4 Å². The van der Waals surface area contributed by atoms with Crippen LogP contribution in [0.4, 0.5) is 0 Å². The minimum absolute atomic E-state index is 0.108. The zero-order chi connectivity index (χ0) is 17.6. The molecule has 1 N–H and O–H groups in total. The van der Waals surface area contributed by atoms with Crippen molar-refractivity contribution >= 4 is 43.2 Å². The number of hydrogen-bond acceptors (Lipinski definition) is 7. The van der Waals surface area contributed by atoms with E-state index in [0.29, 0.717) is 15.4 Å². The van der Waals surface area contributed by atoms with Gasteiger partial charge in [-0.1, -0.05) is 17.8 Å². The fourth-order valence-corrected chi connectivity index (χ4v) is 7.39. The highest BCUT2D eigenvalue weighted by Gasteiger charge is 2.38. The molecule has 2 atom stereocenters. The summed E-state index contributed by atoms with van der Waals surface area (Å²) >= 11 is 2.60. The van der Waals surface area contributed by atoms with Crippen LogP contribution in [0.1, 0.15) is 10.4 Å². The van der Waals surface area contributed by atoms with E-state index in [-0.39, 0.29) is 23.6 Å². The van der Waals surface area contributed by atoms with Crippen molar-refractivity contribution in [1.82, 2.24) is 9.55 Å². The van der Waals surface area contributed by atoms with Crippen molar-refractivity contribution in [2.75, 3.05) is 11.5 Å². The molecule has 0 aliphatic carbocycles. The van der Waals surface area contributed by atoms with Crippen LogP contribution in [0.3, 0.4) is 0 Å². The molecule has 1 aliphatic heterocycles. The molecule has 0 spiro atoms. The van der Waals surface area contributed by atoms with Crippen LogP contribution in [-0.2, 0) is 16.4 Å². The van der Waals surface area contributed by atoms with Crippen molar-refractivity contribution in [3.05, 3.63) is 33.4 Å². The fraction of sp³-hybridized carbons (Fsp3) is 0.467. The highest BCUT2D eigenvalue weighted by Crippen LogP contribution is 2.33. The molecule has 0 radical (unpaired) electrons. The van der Waals surface area contributed by atoms with E-state index in [2.05, 4.69) is 11.6 Å². The summed E-state index contributed by atoms with van der Waals surface area (Å²) in [6, 6.07) is 0. The number of nitrogens with zero attached hydrogens (tertiary/aromatic N) is 2. The zero-order valence-corrected chi connectivity index (χ0v) is 15.8. The zero-order valence-electron chi connectivity index (χ0n) is 13.4. The maximum absolute atomic E-state index is 12.8. The van der Waals surface area contributed by atoms with Gasteiger partial charge in [0.2, 0.25) is 0 Å². The van der Waals surface area contributed by atoms with Crippen LogP contribution in [0.2, 0.25) is 0 Å². The summed E-state index contributed by atoms with van der Waals surface area (Å²) in [6.45, 7) is 7.80. The minimum Gasteiger partial charge on any atom is -0.391 e. The standard InChI is InChI=1S/C15H18N2O4S3/c1-4-5-17-14(19)12-8(2)9(3)22-13(12)16-15(17)23-11-7-24(20,21)6-10(11)18/h4,10-11,18H,1,5-7H2,2-3H3/t10-,11-/m1/s1. The first kappa shape index (κ1) is 17.7. The van der Waals surface area contributed by atoms with E-state index in [1.54, 1.807) is 6.08 Å². The second-order valence-corrected chi connectivity index (χ2v) is 10.4. The fourth-order valence-electron chi connectivity index (χ4n) is 2.73. The molecule has 9 heteroatoms. The maximum atomic E-state index is 12.8. The third-order valence-corrected chi connectivity index (χ3v) is 8.43. The van der Waals surface area contributed by atoms with E-state index < -0.39 is 21.2 Å². The second kappa shape index (κ2) is 6.29. The van der Waals surface area contributed by atoms with Crippen LogP contribution in [0.15, 0.2) is 22.6 Å². The molecule has 0 bridgehead atoms. The van der Waals surface area contributed by atoms with E-state index in [1.165, 1.54) is 15.9 Å². The molecule has 130 valence electrons. The van der Waals surface area contributed by atoms with Gasteiger partial charge in [-0.3, -0.25) is 9.36 Å². The summed E-state index contributed by atoms with van der Waals surface area (Å²) in [7, 11) is -3.25. The highest BCUT2D eigenvalue weighted by atomic mass is 32.2. The van der Waals surface area contributed by atoms with Crippen LogP contribution in [0.25, 0.3) is 10.2 Å². The molecule has 2 aromatic heterocycles. The smallest absolute Gasteiger partial charge is 0.263 e. The van der Waals surface area contributed by atoms with Crippen LogP contribution >= 0.6 is 23.1 Å². The molecule has 0 saturated carbocycles. The third kappa shape index (κ3) is 3.05. The molecule has 6 nitrogen and oxygen atoms in total. The topological polar surface area (TPSA) is 89.3 Å². The SMILES string of the molecule is C=CCn1c(S[C@@H]2CS(=O)(=O)C[C@H]2O)nc2sc(C)c(C)c2c1=O. The third-order valence-electron chi connectivity index (χ3n) is 4.09. The molecule has 1 aliphatic rings. The quantitative estimate of drug-likeness (QED) is 0.633. The Bertz CT molecular complexity index is 975. The minimum atomic E-state index is -3.25. The van der Waals surface area contributed by atoms with Gasteiger partial charge < -0.3 is 5.11 Å². The number of fused-ring (bicyclic) bond motifs is 1. The number of aromatic nitrogens is 2. The van der Waals surface area contributed by atoms with Crippen molar-refractivity contribution < 1.29 is 13.5 Å². The Labute approximate surface area is 148 Å². The molecule has 1 fully saturated rings. The average molecular weight is 387 g/mol. The van der Waals surface area contributed by atoms with E-state index in [9.17, 15) is 18.3 Å². The predicted molar refractivity (Wildman–Crippen MR) is 97.9 cm³/mol. The number of aliphatic hydroxyl groups is 1. The number of aliphatic hydroxyl groups excluding tert-OH is 1.